The molecule has 0 spiro atoms. The summed E-state index contributed by atoms with van der Waals surface area (Å²) in [5.74, 6) is 1.47. The van der Waals surface area contributed by atoms with Gasteiger partial charge in [-0.05, 0) is 35.0 Å². The molecule has 0 unspecified atom stereocenters. The van der Waals surface area contributed by atoms with Gasteiger partial charge in [-0.15, -0.1) is 11.3 Å². The lowest BCUT2D eigenvalue weighted by Gasteiger charge is -2.05. The Morgan fingerprint density at radius 3 is 2.58 bits per heavy atom. The molecule has 0 atom stereocenters. The Morgan fingerprint density at radius 1 is 1.00 bits per heavy atom. The molecule has 0 aliphatic rings. The number of rotatable bonds is 3. The zero-order valence-corrected chi connectivity index (χ0v) is 12.2. The second-order valence-electron chi connectivity index (χ2n) is 4.06. The van der Waals surface area contributed by atoms with Crippen LogP contribution in [0.25, 0.3) is 10.8 Å². The smallest absolute Gasteiger partial charge is 0.160 e. The highest BCUT2D eigenvalue weighted by atomic mass is 79.9. The quantitative estimate of drug-likeness (QED) is 0.611. The molecule has 0 N–H and O–H groups in total. The van der Waals surface area contributed by atoms with Gasteiger partial charge in [0.15, 0.2) is 6.29 Å². The molecule has 0 aliphatic heterocycles. The lowest BCUT2D eigenvalue weighted by atomic mass is 10.1. The average Bonchev–Trinajstić information content (AvgIpc) is 2.86. The van der Waals surface area contributed by atoms with Crippen LogP contribution in [0.5, 0.6) is 11.5 Å². The van der Waals surface area contributed by atoms with Crippen molar-refractivity contribution in [1.82, 2.24) is 0 Å². The fourth-order valence-electron chi connectivity index (χ4n) is 1.84. The minimum Gasteiger partial charge on any atom is -0.456 e. The Labute approximate surface area is 122 Å². The zero-order valence-electron chi connectivity index (χ0n) is 9.80. The van der Waals surface area contributed by atoms with Gasteiger partial charge in [0.25, 0.3) is 0 Å². The van der Waals surface area contributed by atoms with Crippen molar-refractivity contribution >= 4 is 44.3 Å². The number of halogens is 1. The van der Waals surface area contributed by atoms with Crippen LogP contribution in [0, 0.1) is 0 Å². The van der Waals surface area contributed by atoms with Crippen LogP contribution < -0.4 is 4.74 Å². The van der Waals surface area contributed by atoms with E-state index in [0.717, 1.165) is 27.3 Å². The molecule has 94 valence electrons. The monoisotopic (exact) mass is 332 g/mol. The van der Waals surface area contributed by atoms with Crippen molar-refractivity contribution in [3.63, 3.8) is 0 Å². The first-order valence-corrected chi connectivity index (χ1v) is 7.33. The maximum absolute atomic E-state index is 10.6. The van der Waals surface area contributed by atoms with E-state index in [-0.39, 0.29) is 0 Å². The Morgan fingerprint density at radius 2 is 1.79 bits per heavy atom. The summed E-state index contributed by atoms with van der Waals surface area (Å²) in [6, 6.07) is 13.8. The van der Waals surface area contributed by atoms with E-state index in [2.05, 4.69) is 22.0 Å². The number of fused-ring (bicyclic) bond motifs is 1. The van der Waals surface area contributed by atoms with E-state index in [1.165, 1.54) is 11.3 Å². The molecule has 0 bridgehead atoms. The predicted molar refractivity (Wildman–Crippen MR) is 81.4 cm³/mol. The summed E-state index contributed by atoms with van der Waals surface area (Å²) in [6.45, 7) is 0. The lowest BCUT2D eigenvalue weighted by molar-refractivity contribution is 0.112. The van der Waals surface area contributed by atoms with Gasteiger partial charge in [-0.25, -0.2) is 0 Å². The van der Waals surface area contributed by atoms with Crippen LogP contribution in [0.1, 0.15) is 9.67 Å². The molecular weight excluding hydrogens is 324 g/mol. The molecule has 3 rings (SSSR count). The second-order valence-corrected chi connectivity index (χ2v) is 5.92. The number of carbonyl (C=O) groups is 1. The van der Waals surface area contributed by atoms with Gasteiger partial charge in [0.2, 0.25) is 0 Å². The molecule has 4 heteroatoms. The van der Waals surface area contributed by atoms with Gasteiger partial charge in [-0.3, -0.25) is 4.79 Å². The van der Waals surface area contributed by atoms with Crippen molar-refractivity contribution < 1.29 is 9.53 Å². The van der Waals surface area contributed by atoms with Crippen LogP contribution in [0.3, 0.4) is 0 Å². The molecule has 0 aliphatic carbocycles. The first kappa shape index (κ1) is 12.4. The van der Waals surface area contributed by atoms with E-state index in [0.29, 0.717) is 10.6 Å². The van der Waals surface area contributed by atoms with E-state index in [9.17, 15) is 4.79 Å². The van der Waals surface area contributed by atoms with Gasteiger partial charge < -0.3 is 4.74 Å². The minimum absolute atomic E-state index is 0.666. The van der Waals surface area contributed by atoms with Crippen molar-refractivity contribution in [2.75, 3.05) is 0 Å². The van der Waals surface area contributed by atoms with Crippen LogP contribution in [-0.4, -0.2) is 6.29 Å². The van der Waals surface area contributed by atoms with E-state index < -0.39 is 0 Å². The highest BCUT2D eigenvalue weighted by Gasteiger charge is 2.03. The topological polar surface area (TPSA) is 26.3 Å². The first-order valence-electron chi connectivity index (χ1n) is 5.65. The Bertz CT molecular complexity index is 749. The summed E-state index contributed by atoms with van der Waals surface area (Å²) in [5.41, 5.74) is 0. The highest BCUT2D eigenvalue weighted by molar-refractivity contribution is 9.10. The second kappa shape index (κ2) is 5.15. The summed E-state index contributed by atoms with van der Waals surface area (Å²) >= 11 is 4.83. The molecule has 3 aromatic rings. The average molecular weight is 333 g/mol. The summed E-state index contributed by atoms with van der Waals surface area (Å²) in [6.07, 6.45) is 0.829. The molecule has 2 nitrogen and oxygen atoms in total. The molecule has 0 radical (unpaired) electrons. The van der Waals surface area contributed by atoms with Gasteiger partial charge in [-0.2, -0.15) is 0 Å². The van der Waals surface area contributed by atoms with Gasteiger partial charge in [0, 0.05) is 15.9 Å². The van der Waals surface area contributed by atoms with Crippen LogP contribution >= 0.6 is 27.3 Å². The van der Waals surface area contributed by atoms with Crippen LogP contribution in [0.4, 0.5) is 0 Å². The van der Waals surface area contributed by atoms with Crippen molar-refractivity contribution in [1.29, 1.82) is 0 Å². The number of benzene rings is 2. The number of hydrogen-bond acceptors (Lipinski definition) is 3. The van der Waals surface area contributed by atoms with Crippen LogP contribution in [-0.2, 0) is 0 Å². The van der Waals surface area contributed by atoms with E-state index in [4.69, 9.17) is 4.74 Å². The maximum atomic E-state index is 10.6. The van der Waals surface area contributed by atoms with E-state index >= 15 is 0 Å². The third-order valence-corrected chi connectivity index (χ3v) is 4.05. The summed E-state index contributed by atoms with van der Waals surface area (Å²) in [7, 11) is 0. The summed E-state index contributed by atoms with van der Waals surface area (Å²) < 4.78 is 6.80. The maximum Gasteiger partial charge on any atom is 0.160 e. The van der Waals surface area contributed by atoms with Gasteiger partial charge in [-0.1, -0.05) is 28.1 Å². The third kappa shape index (κ3) is 2.69. The Kier molecular flexibility index (Phi) is 3.36. The largest absolute Gasteiger partial charge is 0.456 e. The van der Waals surface area contributed by atoms with Gasteiger partial charge in [0.1, 0.15) is 11.5 Å². The first-order chi connectivity index (χ1) is 9.24. The highest BCUT2D eigenvalue weighted by Crippen LogP contribution is 2.29. The minimum atomic E-state index is 0.666. The standard InChI is InChI=1S/C15H9BrO2S/c16-12-3-1-11-6-13(4-2-10(11)5-12)18-14-7-15(8-17)19-9-14/h1-9H. The fraction of sp³-hybridized carbons (Fsp3) is 0. The number of thiophene rings is 1. The molecular formula is C15H9BrO2S. The Hall–Kier alpha value is -1.65. The normalized spacial score (nSPS) is 10.6. The summed E-state index contributed by atoms with van der Waals surface area (Å²) in [4.78, 5) is 11.3. The van der Waals surface area contributed by atoms with Crippen molar-refractivity contribution in [3.8, 4) is 11.5 Å². The SMILES string of the molecule is O=Cc1cc(Oc2ccc3cc(Br)ccc3c2)cs1. The number of aldehydes is 1. The lowest BCUT2D eigenvalue weighted by Crippen LogP contribution is -1.82. The van der Waals surface area contributed by atoms with Gasteiger partial charge >= 0.3 is 0 Å². The van der Waals surface area contributed by atoms with E-state index in [1.807, 2.05) is 35.7 Å². The number of ether oxygens (including phenoxy) is 1. The zero-order chi connectivity index (χ0) is 13.2. The summed E-state index contributed by atoms with van der Waals surface area (Å²) in [5, 5.41) is 4.10. The van der Waals surface area contributed by atoms with Gasteiger partial charge in [0.05, 0.1) is 4.88 Å². The molecule has 1 aromatic heterocycles. The molecule has 1 heterocycles. The van der Waals surface area contributed by atoms with Crippen LogP contribution in [0.2, 0.25) is 0 Å². The van der Waals surface area contributed by atoms with Crippen molar-refractivity contribution in [2.45, 2.75) is 0 Å². The number of hydrogen-bond donors (Lipinski definition) is 0. The molecule has 0 fully saturated rings. The molecule has 0 saturated heterocycles. The third-order valence-electron chi connectivity index (χ3n) is 2.72. The predicted octanol–water partition coefficient (Wildman–Crippen LogP) is 5.27. The van der Waals surface area contributed by atoms with Crippen molar-refractivity contribution in [3.05, 3.63) is 57.2 Å². The molecule has 0 amide bonds. The van der Waals surface area contributed by atoms with E-state index in [1.54, 1.807) is 6.07 Å². The van der Waals surface area contributed by atoms with Crippen LogP contribution in [0.15, 0.2) is 52.3 Å². The molecule has 0 saturated carbocycles. The molecule has 2 aromatic carbocycles. The molecule has 19 heavy (non-hydrogen) atoms. The number of carbonyl (C=O) groups excluding carboxylic acids is 1. The Balaban J connectivity index is 1.92. The fourth-order valence-corrected chi connectivity index (χ4v) is 2.83. The van der Waals surface area contributed by atoms with Crippen molar-refractivity contribution in [2.24, 2.45) is 0 Å².